The van der Waals surface area contributed by atoms with Crippen molar-refractivity contribution in [1.82, 2.24) is 0 Å². The second-order valence-electron chi connectivity index (χ2n) is 2.35. The van der Waals surface area contributed by atoms with Gasteiger partial charge in [0.05, 0.1) is 30.3 Å². The third kappa shape index (κ3) is 2.69. The predicted molar refractivity (Wildman–Crippen MR) is 40.7 cm³/mol. The van der Waals surface area contributed by atoms with Crippen molar-refractivity contribution in [2.45, 2.75) is 11.4 Å². The molecule has 0 spiro atoms. The van der Waals surface area contributed by atoms with Crippen molar-refractivity contribution in [1.29, 1.82) is 0 Å². The molecule has 0 aromatic heterocycles. The summed E-state index contributed by atoms with van der Waals surface area (Å²) in [6, 6.07) is 0. The largest absolute Gasteiger partial charge is 0.481 e. The number of hydrogen-bond donors (Lipinski definition) is 2. The van der Waals surface area contributed by atoms with Crippen LogP contribution in [-0.4, -0.2) is 46.5 Å². The third-order valence-corrected chi connectivity index (χ3v) is 2.71. The minimum absolute atomic E-state index is 0.0328. The van der Waals surface area contributed by atoms with E-state index in [2.05, 4.69) is 0 Å². The lowest BCUT2D eigenvalue weighted by Gasteiger charge is -2.08. The summed E-state index contributed by atoms with van der Waals surface area (Å²) in [6.45, 7) is 0.788. The number of aliphatic carboxylic acids is 1. The highest BCUT2D eigenvalue weighted by atomic mass is 32.2. The topological polar surface area (TPSA) is 66.8 Å². The lowest BCUT2D eigenvalue weighted by Crippen LogP contribution is -2.21. The zero-order valence-electron chi connectivity index (χ0n) is 5.90. The van der Waals surface area contributed by atoms with Crippen LogP contribution in [0.5, 0.6) is 0 Å². The molecule has 0 saturated carbocycles. The first-order valence-corrected chi connectivity index (χ1v) is 4.34. The number of hydrogen-bond acceptors (Lipinski definition) is 4. The van der Waals surface area contributed by atoms with E-state index in [0.29, 0.717) is 13.2 Å². The van der Waals surface area contributed by atoms with Gasteiger partial charge in [-0.1, -0.05) is 0 Å². The fourth-order valence-electron chi connectivity index (χ4n) is 0.861. The highest BCUT2D eigenvalue weighted by Gasteiger charge is 2.26. The molecule has 5 heteroatoms. The van der Waals surface area contributed by atoms with Gasteiger partial charge in [-0.3, -0.25) is 4.79 Å². The van der Waals surface area contributed by atoms with Gasteiger partial charge in [-0.25, -0.2) is 0 Å². The first-order valence-electron chi connectivity index (χ1n) is 3.29. The Kier molecular flexibility index (Phi) is 3.16. The highest BCUT2D eigenvalue weighted by molar-refractivity contribution is 8.00. The van der Waals surface area contributed by atoms with Crippen molar-refractivity contribution >= 4 is 17.7 Å². The second kappa shape index (κ2) is 3.94. The zero-order valence-corrected chi connectivity index (χ0v) is 6.71. The van der Waals surface area contributed by atoms with E-state index in [-0.39, 0.29) is 11.0 Å². The summed E-state index contributed by atoms with van der Waals surface area (Å²) in [6.07, 6.45) is -0.501. The van der Waals surface area contributed by atoms with E-state index in [4.69, 9.17) is 14.9 Å². The van der Waals surface area contributed by atoms with Crippen LogP contribution in [0.2, 0.25) is 0 Å². The van der Waals surface area contributed by atoms with Crippen LogP contribution >= 0.6 is 11.8 Å². The van der Waals surface area contributed by atoms with E-state index in [1.54, 1.807) is 0 Å². The molecule has 0 bridgehead atoms. The Morgan fingerprint density at radius 3 is 2.82 bits per heavy atom. The molecule has 1 saturated heterocycles. The van der Waals surface area contributed by atoms with Gasteiger partial charge in [0.25, 0.3) is 0 Å². The molecule has 0 radical (unpaired) electrons. The molecule has 11 heavy (non-hydrogen) atoms. The van der Waals surface area contributed by atoms with E-state index < -0.39 is 12.1 Å². The summed E-state index contributed by atoms with van der Waals surface area (Å²) in [5, 5.41) is 17.4. The molecule has 1 aliphatic rings. The number of aliphatic hydroxyl groups is 1. The number of thioether (sulfide) groups is 1. The van der Waals surface area contributed by atoms with Crippen LogP contribution in [-0.2, 0) is 9.53 Å². The summed E-state index contributed by atoms with van der Waals surface area (Å²) in [7, 11) is 0. The van der Waals surface area contributed by atoms with Gasteiger partial charge in [-0.15, -0.1) is 11.8 Å². The first kappa shape index (κ1) is 8.83. The number of carbonyl (C=O) groups is 1. The molecule has 2 unspecified atom stereocenters. The Morgan fingerprint density at radius 1 is 1.64 bits per heavy atom. The maximum absolute atomic E-state index is 10.1. The van der Waals surface area contributed by atoms with Crippen molar-refractivity contribution < 1.29 is 19.7 Å². The molecule has 0 aliphatic carbocycles. The summed E-state index contributed by atoms with van der Waals surface area (Å²) in [4.78, 5) is 10.1. The van der Waals surface area contributed by atoms with Gasteiger partial charge in [0.1, 0.15) is 0 Å². The van der Waals surface area contributed by atoms with Crippen molar-refractivity contribution in [3.05, 3.63) is 0 Å². The fraction of sp³-hybridized carbons (Fsp3) is 0.833. The Labute approximate surface area is 68.5 Å². The number of carboxylic acid groups (broad SMARTS) is 1. The summed E-state index contributed by atoms with van der Waals surface area (Å²) in [5.41, 5.74) is 0. The third-order valence-electron chi connectivity index (χ3n) is 1.42. The summed E-state index contributed by atoms with van der Waals surface area (Å²) < 4.78 is 4.94. The van der Waals surface area contributed by atoms with Crippen molar-refractivity contribution in [2.75, 3.05) is 19.0 Å². The standard InChI is InChI=1S/C6H10O4S/c7-4-1-10-2-5(4)11-3-6(8)9/h4-5,7H,1-3H2,(H,8,9). The number of ether oxygens (including phenoxy) is 1. The van der Waals surface area contributed by atoms with E-state index >= 15 is 0 Å². The Morgan fingerprint density at radius 2 is 2.36 bits per heavy atom. The van der Waals surface area contributed by atoms with Gasteiger partial charge in [0.15, 0.2) is 0 Å². The van der Waals surface area contributed by atoms with Crippen molar-refractivity contribution in [2.24, 2.45) is 0 Å². The minimum Gasteiger partial charge on any atom is -0.481 e. The molecule has 1 fully saturated rings. The summed E-state index contributed by atoms with van der Waals surface area (Å²) in [5.74, 6) is -0.820. The number of carboxylic acids is 1. The molecule has 2 atom stereocenters. The molecule has 0 aromatic carbocycles. The SMILES string of the molecule is O=C(O)CSC1COCC1O. The molecule has 4 nitrogen and oxygen atoms in total. The maximum atomic E-state index is 10.1. The monoisotopic (exact) mass is 178 g/mol. The van der Waals surface area contributed by atoms with Gasteiger partial charge in [-0.2, -0.15) is 0 Å². The van der Waals surface area contributed by atoms with Gasteiger partial charge in [0, 0.05) is 0 Å². The fourth-order valence-corrected chi connectivity index (χ4v) is 1.71. The van der Waals surface area contributed by atoms with Crippen LogP contribution < -0.4 is 0 Å². The smallest absolute Gasteiger partial charge is 0.313 e. The van der Waals surface area contributed by atoms with E-state index in [9.17, 15) is 4.79 Å². The van der Waals surface area contributed by atoms with Gasteiger partial charge in [0.2, 0.25) is 0 Å². The molecule has 1 aliphatic heterocycles. The molecular weight excluding hydrogens is 168 g/mol. The highest BCUT2D eigenvalue weighted by Crippen LogP contribution is 2.20. The number of rotatable bonds is 3. The molecule has 0 amide bonds. The second-order valence-corrected chi connectivity index (χ2v) is 3.58. The quantitative estimate of drug-likeness (QED) is 0.613. The van der Waals surface area contributed by atoms with Crippen LogP contribution in [0.1, 0.15) is 0 Å². The number of aliphatic hydroxyl groups excluding tert-OH is 1. The maximum Gasteiger partial charge on any atom is 0.313 e. The van der Waals surface area contributed by atoms with Crippen LogP contribution in [0, 0.1) is 0 Å². The van der Waals surface area contributed by atoms with E-state index in [1.807, 2.05) is 0 Å². The Hall–Kier alpha value is -0.260. The van der Waals surface area contributed by atoms with E-state index in [0.717, 1.165) is 0 Å². The summed E-state index contributed by atoms with van der Waals surface area (Å²) >= 11 is 1.23. The van der Waals surface area contributed by atoms with Crippen molar-refractivity contribution in [3.63, 3.8) is 0 Å². The molecule has 64 valence electrons. The predicted octanol–water partition coefficient (Wildman–Crippen LogP) is -0.436. The molecule has 2 N–H and O–H groups in total. The Bertz CT molecular complexity index is 150. The van der Waals surface area contributed by atoms with Gasteiger partial charge >= 0.3 is 5.97 Å². The average Bonchev–Trinajstić information content (AvgIpc) is 2.31. The van der Waals surface area contributed by atoms with Crippen LogP contribution in [0.15, 0.2) is 0 Å². The minimum atomic E-state index is -0.853. The van der Waals surface area contributed by atoms with Gasteiger partial charge in [-0.05, 0) is 0 Å². The normalized spacial score (nSPS) is 30.6. The van der Waals surface area contributed by atoms with Crippen molar-refractivity contribution in [3.8, 4) is 0 Å². The van der Waals surface area contributed by atoms with Gasteiger partial charge < -0.3 is 14.9 Å². The molecule has 1 heterocycles. The molecule has 0 aromatic rings. The van der Waals surface area contributed by atoms with Crippen LogP contribution in [0.3, 0.4) is 0 Å². The first-order chi connectivity index (χ1) is 5.20. The lowest BCUT2D eigenvalue weighted by molar-refractivity contribution is -0.133. The molecule has 1 rings (SSSR count). The lowest BCUT2D eigenvalue weighted by atomic mass is 10.3. The zero-order chi connectivity index (χ0) is 8.27. The Balaban J connectivity index is 2.20. The van der Waals surface area contributed by atoms with Crippen LogP contribution in [0.4, 0.5) is 0 Å². The van der Waals surface area contributed by atoms with E-state index in [1.165, 1.54) is 11.8 Å². The molecular formula is C6H10O4S. The average molecular weight is 178 g/mol. The van der Waals surface area contributed by atoms with Crippen LogP contribution in [0.25, 0.3) is 0 Å².